The first-order chi connectivity index (χ1) is 5.07. The van der Waals surface area contributed by atoms with E-state index in [2.05, 4.69) is 40.3 Å². The summed E-state index contributed by atoms with van der Waals surface area (Å²) in [5, 5.41) is 0.560. The van der Waals surface area contributed by atoms with Crippen LogP contribution >= 0.6 is 12.6 Å². The molecule has 3 atom stereocenters. The summed E-state index contributed by atoms with van der Waals surface area (Å²) in [5.41, 5.74) is 0. The maximum atomic E-state index is 4.40. The Kier molecular flexibility index (Phi) is 6.12. The van der Waals surface area contributed by atoms with Crippen molar-refractivity contribution in [3.63, 3.8) is 0 Å². The van der Waals surface area contributed by atoms with Crippen LogP contribution in [-0.4, -0.2) is 5.25 Å². The smallest absolute Gasteiger partial charge is 0.000895 e. The van der Waals surface area contributed by atoms with E-state index in [1.807, 2.05) is 0 Å². The van der Waals surface area contributed by atoms with E-state index in [9.17, 15) is 0 Å². The molecule has 0 rings (SSSR count). The monoisotopic (exact) mass is 174 g/mol. The van der Waals surface area contributed by atoms with Gasteiger partial charge in [0.25, 0.3) is 0 Å². The topological polar surface area (TPSA) is 0 Å². The lowest BCUT2D eigenvalue weighted by Crippen LogP contribution is -2.11. The molecule has 0 saturated carbocycles. The van der Waals surface area contributed by atoms with Crippen molar-refractivity contribution < 1.29 is 0 Å². The van der Waals surface area contributed by atoms with Gasteiger partial charge in [-0.1, -0.05) is 40.5 Å². The average Bonchev–Trinajstić information content (AvgIpc) is 1.86. The maximum absolute atomic E-state index is 4.40. The summed E-state index contributed by atoms with van der Waals surface area (Å²) in [6.07, 6.45) is 3.93. The zero-order valence-corrected chi connectivity index (χ0v) is 9.20. The van der Waals surface area contributed by atoms with Gasteiger partial charge in [0.05, 0.1) is 0 Å². The summed E-state index contributed by atoms with van der Waals surface area (Å²) in [5.74, 6) is 1.71. The highest BCUT2D eigenvalue weighted by Crippen LogP contribution is 2.22. The van der Waals surface area contributed by atoms with Crippen molar-refractivity contribution in [3.8, 4) is 0 Å². The Labute approximate surface area is 77.2 Å². The molecule has 0 amide bonds. The van der Waals surface area contributed by atoms with Gasteiger partial charge in [0.15, 0.2) is 0 Å². The third kappa shape index (κ3) is 5.60. The second-order valence-corrected chi connectivity index (χ2v) is 4.71. The average molecular weight is 174 g/mol. The molecule has 0 nitrogen and oxygen atoms in total. The van der Waals surface area contributed by atoms with E-state index in [0.717, 1.165) is 11.8 Å². The van der Waals surface area contributed by atoms with E-state index in [1.54, 1.807) is 0 Å². The van der Waals surface area contributed by atoms with Crippen LogP contribution in [0.4, 0.5) is 0 Å². The zero-order valence-electron chi connectivity index (χ0n) is 8.30. The molecular weight excluding hydrogens is 152 g/mol. The van der Waals surface area contributed by atoms with Crippen molar-refractivity contribution in [1.29, 1.82) is 0 Å². The molecule has 0 saturated heterocycles. The predicted molar refractivity (Wildman–Crippen MR) is 56.3 cm³/mol. The normalized spacial score (nSPS) is 19.4. The molecule has 3 unspecified atom stereocenters. The highest BCUT2D eigenvalue weighted by molar-refractivity contribution is 7.80. The largest absolute Gasteiger partial charge is 0.176 e. The molecule has 0 bridgehead atoms. The molecule has 0 heterocycles. The molecule has 0 aliphatic heterocycles. The second kappa shape index (κ2) is 5.93. The van der Waals surface area contributed by atoms with Crippen LogP contribution < -0.4 is 0 Å². The first-order valence-electron chi connectivity index (χ1n) is 4.76. The molecule has 0 aromatic carbocycles. The third-order valence-corrected chi connectivity index (χ3v) is 2.64. The summed E-state index contributed by atoms with van der Waals surface area (Å²) >= 11 is 4.40. The highest BCUT2D eigenvalue weighted by Gasteiger charge is 2.12. The Morgan fingerprint density at radius 3 is 2.00 bits per heavy atom. The fourth-order valence-electron chi connectivity index (χ4n) is 1.51. The zero-order chi connectivity index (χ0) is 8.85. The van der Waals surface area contributed by atoms with Crippen LogP contribution in [0.2, 0.25) is 0 Å². The molecule has 0 spiro atoms. The molecule has 0 aliphatic rings. The Bertz CT molecular complexity index is 88.9. The maximum Gasteiger partial charge on any atom is -0.000895 e. The van der Waals surface area contributed by atoms with Crippen molar-refractivity contribution >= 4 is 12.6 Å². The van der Waals surface area contributed by atoms with Gasteiger partial charge >= 0.3 is 0 Å². The molecule has 0 fully saturated rings. The molecule has 11 heavy (non-hydrogen) atoms. The molecular formula is C10H22S. The van der Waals surface area contributed by atoms with E-state index in [4.69, 9.17) is 0 Å². The number of hydrogen-bond donors (Lipinski definition) is 1. The van der Waals surface area contributed by atoms with Crippen LogP contribution in [0.5, 0.6) is 0 Å². The minimum absolute atomic E-state index is 0.560. The van der Waals surface area contributed by atoms with E-state index < -0.39 is 0 Å². The summed E-state index contributed by atoms with van der Waals surface area (Å²) in [6, 6.07) is 0. The minimum Gasteiger partial charge on any atom is -0.176 e. The van der Waals surface area contributed by atoms with Crippen molar-refractivity contribution in [2.75, 3.05) is 0 Å². The Balaban J connectivity index is 3.54. The predicted octanol–water partition coefficient (Wildman–Crippen LogP) is 3.77. The summed E-state index contributed by atoms with van der Waals surface area (Å²) in [7, 11) is 0. The Hall–Kier alpha value is 0.350. The quantitative estimate of drug-likeness (QED) is 0.603. The highest BCUT2D eigenvalue weighted by atomic mass is 32.1. The van der Waals surface area contributed by atoms with Crippen LogP contribution in [0.3, 0.4) is 0 Å². The van der Waals surface area contributed by atoms with E-state index in [0.29, 0.717) is 5.25 Å². The molecule has 1 heteroatoms. The van der Waals surface area contributed by atoms with Gasteiger partial charge in [0.2, 0.25) is 0 Å². The van der Waals surface area contributed by atoms with Crippen LogP contribution in [-0.2, 0) is 0 Å². The van der Waals surface area contributed by atoms with E-state index >= 15 is 0 Å². The minimum atomic E-state index is 0.560. The van der Waals surface area contributed by atoms with Gasteiger partial charge in [-0.05, 0) is 23.5 Å². The summed E-state index contributed by atoms with van der Waals surface area (Å²) < 4.78 is 0. The summed E-state index contributed by atoms with van der Waals surface area (Å²) in [6.45, 7) is 9.13. The molecule has 68 valence electrons. The van der Waals surface area contributed by atoms with Crippen molar-refractivity contribution in [3.05, 3.63) is 0 Å². The molecule has 0 aromatic heterocycles. The van der Waals surface area contributed by atoms with Gasteiger partial charge in [0.1, 0.15) is 0 Å². The van der Waals surface area contributed by atoms with Gasteiger partial charge in [-0.2, -0.15) is 12.6 Å². The van der Waals surface area contributed by atoms with E-state index in [-0.39, 0.29) is 0 Å². The molecule has 0 N–H and O–H groups in total. The lowest BCUT2D eigenvalue weighted by Gasteiger charge is -2.20. The van der Waals surface area contributed by atoms with Crippen molar-refractivity contribution in [1.82, 2.24) is 0 Å². The van der Waals surface area contributed by atoms with Gasteiger partial charge in [-0.15, -0.1) is 0 Å². The fraction of sp³-hybridized carbons (Fsp3) is 1.00. The van der Waals surface area contributed by atoms with E-state index in [1.165, 1.54) is 19.3 Å². The van der Waals surface area contributed by atoms with Gasteiger partial charge in [0, 0.05) is 0 Å². The molecule has 0 aromatic rings. The molecule has 0 aliphatic carbocycles. The first kappa shape index (κ1) is 11.4. The SMILES string of the molecule is CCCC(C)C(C)CC(C)S. The second-order valence-electron chi connectivity index (χ2n) is 3.83. The van der Waals surface area contributed by atoms with Crippen LogP contribution in [0.15, 0.2) is 0 Å². The van der Waals surface area contributed by atoms with Gasteiger partial charge < -0.3 is 0 Å². The van der Waals surface area contributed by atoms with Gasteiger partial charge in [-0.3, -0.25) is 0 Å². The van der Waals surface area contributed by atoms with Crippen molar-refractivity contribution in [2.45, 2.75) is 52.2 Å². The number of hydrogen-bond acceptors (Lipinski definition) is 1. The first-order valence-corrected chi connectivity index (χ1v) is 5.27. The fourth-order valence-corrected chi connectivity index (χ4v) is 1.84. The lowest BCUT2D eigenvalue weighted by molar-refractivity contribution is 0.342. The standard InChI is InChI=1S/C10H22S/c1-5-6-8(2)9(3)7-10(4)11/h8-11H,5-7H2,1-4H3. The van der Waals surface area contributed by atoms with Crippen LogP contribution in [0, 0.1) is 11.8 Å². The third-order valence-electron chi connectivity index (χ3n) is 2.43. The van der Waals surface area contributed by atoms with Crippen molar-refractivity contribution in [2.24, 2.45) is 11.8 Å². The Morgan fingerprint density at radius 1 is 1.09 bits per heavy atom. The number of thiol groups is 1. The molecule has 0 radical (unpaired) electrons. The van der Waals surface area contributed by atoms with Crippen LogP contribution in [0.1, 0.15) is 47.0 Å². The Morgan fingerprint density at radius 2 is 1.64 bits per heavy atom. The van der Waals surface area contributed by atoms with Crippen LogP contribution in [0.25, 0.3) is 0 Å². The summed E-state index contributed by atoms with van der Waals surface area (Å²) in [4.78, 5) is 0. The van der Waals surface area contributed by atoms with Gasteiger partial charge in [-0.25, -0.2) is 0 Å². The number of rotatable bonds is 5. The lowest BCUT2D eigenvalue weighted by atomic mass is 9.88.